The van der Waals surface area contributed by atoms with Crippen molar-refractivity contribution in [1.29, 1.82) is 5.26 Å². The third kappa shape index (κ3) is 5.01. The van der Waals surface area contributed by atoms with Gasteiger partial charge in [0.1, 0.15) is 6.07 Å². The Kier molecular flexibility index (Phi) is 7.16. The van der Waals surface area contributed by atoms with Crippen molar-refractivity contribution in [2.75, 3.05) is 0 Å². The molecule has 56 heavy (non-hydrogen) atoms. The van der Waals surface area contributed by atoms with E-state index in [0.717, 1.165) is 60.6 Å². The van der Waals surface area contributed by atoms with E-state index in [9.17, 15) is 5.26 Å². The summed E-state index contributed by atoms with van der Waals surface area (Å²) in [5.41, 5.74) is 13.5. The number of para-hydroxylation sites is 3. The average Bonchev–Trinajstić information content (AvgIpc) is 3.78. The molecule has 11 rings (SSSR count). The van der Waals surface area contributed by atoms with Crippen molar-refractivity contribution in [2.45, 2.75) is 0 Å². The average molecular weight is 714 g/mol. The van der Waals surface area contributed by atoms with Gasteiger partial charge in [-0.3, -0.25) is 4.57 Å². The van der Waals surface area contributed by atoms with Crippen molar-refractivity contribution in [2.24, 2.45) is 0 Å². The summed E-state index contributed by atoms with van der Waals surface area (Å²) in [5, 5.41) is 15.4. The van der Waals surface area contributed by atoms with Gasteiger partial charge < -0.3 is 4.57 Å². The van der Waals surface area contributed by atoms with Gasteiger partial charge in [0.05, 0.1) is 27.6 Å². The highest BCUT2D eigenvalue weighted by molar-refractivity contribution is 6.12. The maximum Gasteiger partial charge on any atom is 0.236 e. The van der Waals surface area contributed by atoms with Crippen LogP contribution in [-0.2, 0) is 0 Å². The Morgan fingerprint density at radius 1 is 0.357 bits per heavy atom. The number of hydrogen-bond acceptors (Lipinski definition) is 3. The molecule has 0 unspecified atom stereocenters. The number of rotatable bonds is 5. The lowest BCUT2D eigenvalue weighted by molar-refractivity contribution is 1.00. The van der Waals surface area contributed by atoms with Crippen LogP contribution in [0.2, 0.25) is 0 Å². The van der Waals surface area contributed by atoms with E-state index in [2.05, 4.69) is 173 Å². The van der Waals surface area contributed by atoms with E-state index in [4.69, 9.17) is 9.97 Å². The lowest BCUT2D eigenvalue weighted by Crippen LogP contribution is -2.03. The highest BCUT2D eigenvalue weighted by atomic mass is 15.2. The summed E-state index contributed by atoms with van der Waals surface area (Å²) in [4.78, 5) is 9.71. The number of aromatic nitrogens is 4. The Morgan fingerprint density at radius 2 is 0.839 bits per heavy atom. The van der Waals surface area contributed by atoms with Crippen molar-refractivity contribution in [3.63, 3.8) is 0 Å². The minimum atomic E-state index is 0.365. The third-order valence-corrected chi connectivity index (χ3v) is 11.0. The normalized spacial score (nSPS) is 11.6. The van der Waals surface area contributed by atoms with Gasteiger partial charge in [-0.05, 0) is 100 Å². The summed E-state index contributed by atoms with van der Waals surface area (Å²) in [5.74, 6) is 0.486. The van der Waals surface area contributed by atoms with Crippen LogP contribution in [0.5, 0.6) is 0 Å². The van der Waals surface area contributed by atoms with Gasteiger partial charge in [0.15, 0.2) is 5.69 Å². The Balaban J connectivity index is 1.09. The summed E-state index contributed by atoms with van der Waals surface area (Å²) < 4.78 is 4.48. The van der Waals surface area contributed by atoms with Crippen molar-refractivity contribution in [1.82, 2.24) is 19.1 Å². The molecule has 0 aliphatic rings. The molecule has 0 N–H and O–H groups in total. The molecule has 3 heterocycles. The predicted molar refractivity (Wildman–Crippen MR) is 229 cm³/mol. The molecule has 0 amide bonds. The van der Waals surface area contributed by atoms with Gasteiger partial charge in [0.2, 0.25) is 5.95 Å². The van der Waals surface area contributed by atoms with E-state index in [1.807, 2.05) is 30.3 Å². The zero-order chi connectivity index (χ0) is 37.2. The zero-order valence-electron chi connectivity index (χ0n) is 30.1. The van der Waals surface area contributed by atoms with Crippen LogP contribution < -0.4 is 0 Å². The fraction of sp³-hybridized carbons (Fsp3) is 0. The Labute approximate surface area is 322 Å². The summed E-state index contributed by atoms with van der Waals surface area (Å²) in [6, 6.07) is 68.6. The molecule has 5 nitrogen and oxygen atoms in total. The van der Waals surface area contributed by atoms with Crippen LogP contribution in [0.15, 0.2) is 188 Å². The van der Waals surface area contributed by atoms with Gasteiger partial charge in [-0.25, -0.2) is 9.97 Å². The van der Waals surface area contributed by atoms with Crippen LogP contribution in [0, 0.1) is 11.3 Å². The van der Waals surface area contributed by atoms with E-state index in [0.29, 0.717) is 11.6 Å². The summed E-state index contributed by atoms with van der Waals surface area (Å²) >= 11 is 0. The number of nitriles is 1. The van der Waals surface area contributed by atoms with Crippen molar-refractivity contribution in [3.05, 3.63) is 194 Å². The highest BCUT2D eigenvalue weighted by Gasteiger charge is 2.19. The number of fused-ring (bicyclic) bond motifs is 7. The molecular weight excluding hydrogens is 683 g/mol. The zero-order valence-corrected chi connectivity index (χ0v) is 30.1. The fourth-order valence-corrected chi connectivity index (χ4v) is 8.38. The topological polar surface area (TPSA) is 59.4 Å². The van der Waals surface area contributed by atoms with E-state index >= 15 is 0 Å². The van der Waals surface area contributed by atoms with Crippen LogP contribution in [0.1, 0.15) is 5.69 Å². The molecule has 0 atom stereocenters. The molecule has 0 aliphatic carbocycles. The van der Waals surface area contributed by atoms with Crippen LogP contribution in [0.25, 0.3) is 99.5 Å². The molecule has 5 heteroatoms. The molecule has 8 aromatic carbocycles. The predicted octanol–water partition coefficient (Wildman–Crippen LogP) is 12.7. The molecule has 0 spiro atoms. The van der Waals surface area contributed by atoms with Crippen LogP contribution in [0.3, 0.4) is 0 Å². The molecule has 0 bridgehead atoms. The molecule has 0 saturated carbocycles. The summed E-state index contributed by atoms with van der Waals surface area (Å²) in [6.07, 6.45) is 0. The largest absolute Gasteiger partial charge is 0.309 e. The second kappa shape index (κ2) is 12.7. The number of benzene rings is 8. The van der Waals surface area contributed by atoms with Crippen molar-refractivity contribution in [3.8, 4) is 51.1 Å². The Morgan fingerprint density at radius 3 is 1.43 bits per heavy atom. The number of nitrogens with zero attached hydrogens (tertiary/aromatic N) is 5. The first-order valence-electron chi connectivity index (χ1n) is 18.7. The van der Waals surface area contributed by atoms with Gasteiger partial charge in [-0.15, -0.1) is 0 Å². The second-order valence-electron chi connectivity index (χ2n) is 14.2. The van der Waals surface area contributed by atoms with Gasteiger partial charge in [0.25, 0.3) is 0 Å². The first-order valence-corrected chi connectivity index (χ1v) is 18.7. The number of hydrogen-bond donors (Lipinski definition) is 0. The molecule has 3 aromatic heterocycles. The quantitative estimate of drug-likeness (QED) is 0.178. The first-order chi connectivity index (χ1) is 27.7. The lowest BCUT2D eigenvalue weighted by atomic mass is 9.98. The first kappa shape index (κ1) is 31.7. The monoisotopic (exact) mass is 713 g/mol. The fourth-order valence-electron chi connectivity index (χ4n) is 8.38. The van der Waals surface area contributed by atoms with E-state index in [1.54, 1.807) is 0 Å². The molecule has 0 radical (unpaired) electrons. The van der Waals surface area contributed by atoms with Crippen molar-refractivity contribution >= 4 is 54.5 Å². The van der Waals surface area contributed by atoms with Crippen molar-refractivity contribution < 1.29 is 0 Å². The molecule has 0 fully saturated rings. The summed E-state index contributed by atoms with van der Waals surface area (Å²) in [6.45, 7) is 0. The molecule has 260 valence electrons. The van der Waals surface area contributed by atoms with E-state index < -0.39 is 0 Å². The third-order valence-electron chi connectivity index (χ3n) is 11.0. The van der Waals surface area contributed by atoms with Crippen LogP contribution >= 0.6 is 0 Å². The van der Waals surface area contributed by atoms with Gasteiger partial charge in [-0.1, -0.05) is 121 Å². The summed E-state index contributed by atoms with van der Waals surface area (Å²) in [7, 11) is 0. The highest BCUT2D eigenvalue weighted by Crippen LogP contribution is 2.39. The SMILES string of the molecule is N#Cc1nc(-n2c3ccccc3c3cc(-c4ccc5c(c4)c4ccccc4n5-c4cc(-c5ccccc5)cc(-c5ccccc5)c4)ccc32)nc2ccccc12. The molecule has 11 aromatic rings. The molecular formula is C51H31N5. The Hall–Kier alpha value is -7.81. The van der Waals surface area contributed by atoms with Crippen LogP contribution in [-0.4, -0.2) is 19.1 Å². The smallest absolute Gasteiger partial charge is 0.236 e. The molecule has 0 saturated heterocycles. The lowest BCUT2D eigenvalue weighted by Gasteiger charge is -2.14. The standard InChI is InChI=1S/C51H31N5/c52-32-46-42-19-7-10-20-45(42)53-51(54-46)56-48-22-12-9-18-41(48)44-31-36(24-26-50(44)56)35-23-25-49-43(30-35)40-17-8-11-21-47(40)55(49)39-28-37(33-13-3-1-4-14-33)27-38(29-39)34-15-5-2-6-16-34/h1-31H. The minimum absolute atomic E-state index is 0.365. The van der Waals surface area contributed by atoms with E-state index in [1.165, 1.54) is 33.0 Å². The maximum absolute atomic E-state index is 10.0. The Bertz CT molecular complexity index is 3310. The van der Waals surface area contributed by atoms with Gasteiger partial charge >= 0.3 is 0 Å². The maximum atomic E-state index is 10.0. The van der Waals surface area contributed by atoms with Gasteiger partial charge in [0, 0.05) is 32.6 Å². The van der Waals surface area contributed by atoms with Gasteiger partial charge in [-0.2, -0.15) is 5.26 Å². The van der Waals surface area contributed by atoms with E-state index in [-0.39, 0.29) is 0 Å². The second-order valence-corrected chi connectivity index (χ2v) is 14.2. The minimum Gasteiger partial charge on any atom is -0.309 e. The molecule has 0 aliphatic heterocycles. The van der Waals surface area contributed by atoms with Crippen LogP contribution in [0.4, 0.5) is 0 Å².